The normalized spacial score (nSPS) is 12.9. The average Bonchev–Trinajstić information content (AvgIpc) is 2.08. The SMILES string of the molecule is NCC(O)c1ccc(O)c(S)c1. The molecule has 1 atom stereocenters. The number of thiol groups is 1. The van der Waals surface area contributed by atoms with Gasteiger partial charge in [-0.3, -0.25) is 0 Å². The Bertz CT molecular complexity index is 278. The lowest BCUT2D eigenvalue weighted by atomic mass is 10.1. The summed E-state index contributed by atoms with van der Waals surface area (Å²) in [6.45, 7) is 0.165. The minimum absolute atomic E-state index is 0.103. The maximum absolute atomic E-state index is 9.30. The Kier molecular flexibility index (Phi) is 2.97. The van der Waals surface area contributed by atoms with Crippen molar-refractivity contribution in [3.63, 3.8) is 0 Å². The molecule has 0 aliphatic rings. The Labute approximate surface area is 76.2 Å². The number of hydrogen-bond donors (Lipinski definition) is 4. The van der Waals surface area contributed by atoms with Crippen molar-refractivity contribution in [3.05, 3.63) is 23.8 Å². The molecule has 3 nitrogen and oxygen atoms in total. The third kappa shape index (κ3) is 1.91. The zero-order valence-corrected chi connectivity index (χ0v) is 7.33. The van der Waals surface area contributed by atoms with Crippen molar-refractivity contribution < 1.29 is 10.2 Å². The van der Waals surface area contributed by atoms with E-state index in [1.54, 1.807) is 12.1 Å². The van der Waals surface area contributed by atoms with Gasteiger partial charge in [-0.25, -0.2) is 0 Å². The van der Waals surface area contributed by atoms with Crippen LogP contribution in [-0.2, 0) is 0 Å². The van der Waals surface area contributed by atoms with E-state index in [9.17, 15) is 5.11 Å². The van der Waals surface area contributed by atoms with Gasteiger partial charge in [0, 0.05) is 11.4 Å². The van der Waals surface area contributed by atoms with Crippen LogP contribution in [0.3, 0.4) is 0 Å². The van der Waals surface area contributed by atoms with Crippen LogP contribution in [0.5, 0.6) is 5.75 Å². The van der Waals surface area contributed by atoms with Crippen LogP contribution in [-0.4, -0.2) is 16.8 Å². The standard InChI is InChI=1S/C8H11NO2S/c9-4-7(11)5-1-2-6(10)8(12)3-5/h1-3,7,10-12H,4,9H2. The van der Waals surface area contributed by atoms with E-state index in [1.165, 1.54) is 6.07 Å². The van der Waals surface area contributed by atoms with Gasteiger partial charge >= 0.3 is 0 Å². The van der Waals surface area contributed by atoms with Gasteiger partial charge in [0.05, 0.1) is 6.10 Å². The van der Waals surface area contributed by atoms with Gasteiger partial charge in [0.15, 0.2) is 0 Å². The molecule has 0 saturated heterocycles. The summed E-state index contributed by atoms with van der Waals surface area (Å²) in [5.74, 6) is 0.103. The number of aliphatic hydroxyl groups is 1. The maximum atomic E-state index is 9.30. The molecule has 0 aromatic heterocycles. The smallest absolute Gasteiger partial charge is 0.128 e. The highest BCUT2D eigenvalue weighted by Crippen LogP contribution is 2.24. The number of nitrogens with two attached hydrogens (primary N) is 1. The quantitative estimate of drug-likeness (QED) is 0.512. The monoisotopic (exact) mass is 185 g/mol. The summed E-state index contributed by atoms with van der Waals surface area (Å²) >= 11 is 4.00. The average molecular weight is 185 g/mol. The van der Waals surface area contributed by atoms with Gasteiger partial charge < -0.3 is 15.9 Å². The number of benzene rings is 1. The topological polar surface area (TPSA) is 66.5 Å². The Morgan fingerprint density at radius 2 is 2.17 bits per heavy atom. The first kappa shape index (κ1) is 9.38. The fourth-order valence-corrected chi connectivity index (χ4v) is 1.11. The number of rotatable bonds is 2. The molecule has 1 unspecified atom stereocenters. The van der Waals surface area contributed by atoms with Crippen LogP contribution in [0, 0.1) is 0 Å². The molecule has 4 heteroatoms. The fraction of sp³-hybridized carbons (Fsp3) is 0.250. The van der Waals surface area contributed by atoms with Gasteiger partial charge in [0.2, 0.25) is 0 Å². The van der Waals surface area contributed by atoms with Crippen molar-refractivity contribution in [3.8, 4) is 5.75 Å². The van der Waals surface area contributed by atoms with Crippen LogP contribution in [0.25, 0.3) is 0 Å². The minimum Gasteiger partial charge on any atom is -0.507 e. The van der Waals surface area contributed by atoms with Crippen molar-refractivity contribution in [2.75, 3.05) is 6.54 Å². The Morgan fingerprint density at radius 1 is 1.50 bits per heavy atom. The molecule has 0 aliphatic carbocycles. The van der Waals surface area contributed by atoms with E-state index in [2.05, 4.69) is 12.6 Å². The summed E-state index contributed by atoms with van der Waals surface area (Å²) in [5.41, 5.74) is 5.92. The molecular weight excluding hydrogens is 174 g/mol. The molecule has 4 N–H and O–H groups in total. The molecule has 0 radical (unpaired) electrons. The third-order valence-corrected chi connectivity index (χ3v) is 1.97. The predicted octanol–water partition coefficient (Wildman–Crippen LogP) is 0.673. The predicted molar refractivity (Wildman–Crippen MR) is 49.4 cm³/mol. The minimum atomic E-state index is -0.684. The molecule has 1 aromatic rings. The van der Waals surface area contributed by atoms with Gasteiger partial charge in [-0.1, -0.05) is 6.07 Å². The lowest BCUT2D eigenvalue weighted by Crippen LogP contribution is -2.11. The van der Waals surface area contributed by atoms with Crippen molar-refractivity contribution in [1.82, 2.24) is 0 Å². The van der Waals surface area contributed by atoms with Crippen LogP contribution in [0.4, 0.5) is 0 Å². The number of aliphatic hydroxyl groups excluding tert-OH is 1. The van der Waals surface area contributed by atoms with Gasteiger partial charge in [0.25, 0.3) is 0 Å². The van der Waals surface area contributed by atoms with E-state index >= 15 is 0 Å². The summed E-state index contributed by atoms with van der Waals surface area (Å²) in [4.78, 5) is 0.444. The molecule has 0 aliphatic heterocycles. The molecule has 0 heterocycles. The molecule has 12 heavy (non-hydrogen) atoms. The molecule has 0 saturated carbocycles. The number of phenols is 1. The van der Waals surface area contributed by atoms with E-state index in [1.807, 2.05) is 0 Å². The second-order valence-electron chi connectivity index (χ2n) is 2.50. The van der Waals surface area contributed by atoms with E-state index in [4.69, 9.17) is 10.8 Å². The molecule has 1 rings (SSSR count). The molecule has 0 spiro atoms. The van der Waals surface area contributed by atoms with Crippen molar-refractivity contribution in [1.29, 1.82) is 0 Å². The van der Waals surface area contributed by atoms with Crippen molar-refractivity contribution >= 4 is 12.6 Å². The summed E-state index contributed by atoms with van der Waals surface area (Å²) in [6, 6.07) is 4.69. The van der Waals surface area contributed by atoms with Crippen LogP contribution in [0.15, 0.2) is 23.1 Å². The van der Waals surface area contributed by atoms with Gasteiger partial charge in [0.1, 0.15) is 5.75 Å². The lowest BCUT2D eigenvalue weighted by Gasteiger charge is -2.08. The van der Waals surface area contributed by atoms with Crippen LogP contribution >= 0.6 is 12.6 Å². The Balaban J connectivity index is 2.96. The van der Waals surface area contributed by atoms with Crippen molar-refractivity contribution in [2.24, 2.45) is 5.73 Å². The third-order valence-electron chi connectivity index (χ3n) is 1.61. The van der Waals surface area contributed by atoms with Crippen LogP contribution < -0.4 is 5.73 Å². The van der Waals surface area contributed by atoms with Crippen molar-refractivity contribution in [2.45, 2.75) is 11.0 Å². The highest BCUT2D eigenvalue weighted by Gasteiger charge is 2.06. The second kappa shape index (κ2) is 3.80. The highest BCUT2D eigenvalue weighted by molar-refractivity contribution is 7.80. The van der Waals surface area contributed by atoms with Crippen LogP contribution in [0.1, 0.15) is 11.7 Å². The zero-order valence-electron chi connectivity index (χ0n) is 6.44. The number of hydrogen-bond acceptors (Lipinski definition) is 4. The summed E-state index contributed by atoms with van der Waals surface area (Å²) in [6.07, 6.45) is -0.684. The lowest BCUT2D eigenvalue weighted by molar-refractivity contribution is 0.186. The zero-order chi connectivity index (χ0) is 9.14. The molecule has 0 amide bonds. The van der Waals surface area contributed by atoms with Gasteiger partial charge in [-0.15, -0.1) is 12.6 Å². The van der Waals surface area contributed by atoms with E-state index in [0.29, 0.717) is 10.5 Å². The maximum Gasteiger partial charge on any atom is 0.128 e. The first-order valence-electron chi connectivity index (χ1n) is 3.55. The first-order chi connectivity index (χ1) is 5.65. The first-order valence-corrected chi connectivity index (χ1v) is 4.00. The summed E-state index contributed by atoms with van der Waals surface area (Å²) in [7, 11) is 0. The number of phenolic OH excluding ortho intramolecular Hbond substituents is 1. The molecule has 0 bridgehead atoms. The Morgan fingerprint density at radius 3 is 2.67 bits per heavy atom. The summed E-state index contributed by atoms with van der Waals surface area (Å²) in [5, 5.41) is 18.4. The van der Waals surface area contributed by atoms with Gasteiger partial charge in [-0.2, -0.15) is 0 Å². The molecule has 66 valence electrons. The fourth-order valence-electron chi connectivity index (χ4n) is 0.884. The molecule has 0 fully saturated rings. The largest absolute Gasteiger partial charge is 0.507 e. The summed E-state index contributed by atoms with van der Waals surface area (Å²) < 4.78 is 0. The van der Waals surface area contributed by atoms with Crippen LogP contribution in [0.2, 0.25) is 0 Å². The molecule has 1 aromatic carbocycles. The Hall–Kier alpha value is -0.710. The van der Waals surface area contributed by atoms with E-state index in [0.717, 1.165) is 0 Å². The number of aromatic hydroxyl groups is 1. The molecular formula is C8H11NO2S. The van der Waals surface area contributed by atoms with E-state index < -0.39 is 6.10 Å². The van der Waals surface area contributed by atoms with E-state index in [-0.39, 0.29) is 12.3 Å². The highest BCUT2D eigenvalue weighted by atomic mass is 32.1. The van der Waals surface area contributed by atoms with Gasteiger partial charge in [-0.05, 0) is 17.7 Å². The second-order valence-corrected chi connectivity index (χ2v) is 2.98.